The molecule has 2 aliphatic rings. The maximum atomic E-state index is 5.80. The monoisotopic (exact) mass is 420 g/mol. The third kappa shape index (κ3) is 5.54. The number of halogens is 1. The highest BCUT2D eigenvalue weighted by atomic mass is 35.5. The average Bonchev–Trinajstić information content (AvgIpc) is 3.37. The molecule has 0 spiro atoms. The fourth-order valence-corrected chi connectivity index (χ4v) is 4.46. The van der Waals surface area contributed by atoms with Crippen LogP contribution in [0, 0.1) is 5.92 Å². The molecule has 0 saturated carbocycles. The van der Waals surface area contributed by atoms with Gasteiger partial charge in [0.05, 0.1) is 18.7 Å². The van der Waals surface area contributed by atoms with Gasteiger partial charge in [0.1, 0.15) is 0 Å². The van der Waals surface area contributed by atoms with Gasteiger partial charge in [0.15, 0.2) is 5.82 Å². The summed E-state index contributed by atoms with van der Waals surface area (Å²) in [7, 11) is 0. The van der Waals surface area contributed by atoms with E-state index in [1.807, 2.05) is 4.68 Å². The molecular formula is C21H33ClN6O. The summed E-state index contributed by atoms with van der Waals surface area (Å²) >= 11 is 0. The van der Waals surface area contributed by atoms with Crippen LogP contribution in [0.5, 0.6) is 0 Å². The van der Waals surface area contributed by atoms with Crippen LogP contribution in [0.25, 0.3) is 0 Å². The Balaban J connectivity index is 0.00000240. The maximum Gasteiger partial charge on any atom is 0.168 e. The predicted octanol–water partition coefficient (Wildman–Crippen LogP) is 2.79. The fraction of sp³-hybridized carbons (Fsp3) is 0.667. The molecule has 2 aliphatic heterocycles. The van der Waals surface area contributed by atoms with E-state index in [2.05, 4.69) is 69.5 Å². The lowest BCUT2D eigenvalue weighted by atomic mass is 10.0. The summed E-state index contributed by atoms with van der Waals surface area (Å²) in [5.74, 6) is 1.44. The van der Waals surface area contributed by atoms with Crippen LogP contribution in [0.1, 0.15) is 44.1 Å². The molecule has 0 N–H and O–H groups in total. The number of tetrazole rings is 1. The van der Waals surface area contributed by atoms with Gasteiger partial charge in [-0.25, -0.2) is 4.68 Å². The first kappa shape index (κ1) is 22.2. The van der Waals surface area contributed by atoms with E-state index in [-0.39, 0.29) is 24.6 Å². The molecule has 8 heteroatoms. The second kappa shape index (κ2) is 10.5. The van der Waals surface area contributed by atoms with E-state index < -0.39 is 0 Å². The summed E-state index contributed by atoms with van der Waals surface area (Å²) < 4.78 is 7.78. The quantitative estimate of drug-likeness (QED) is 0.686. The Morgan fingerprint density at radius 1 is 1.10 bits per heavy atom. The topological polar surface area (TPSA) is 59.3 Å². The molecule has 2 unspecified atom stereocenters. The molecular weight excluding hydrogens is 388 g/mol. The molecule has 0 radical (unpaired) electrons. The smallest absolute Gasteiger partial charge is 0.168 e. The van der Waals surface area contributed by atoms with Gasteiger partial charge in [0.25, 0.3) is 0 Å². The van der Waals surface area contributed by atoms with Gasteiger partial charge in [-0.3, -0.25) is 9.80 Å². The Bertz CT molecular complexity index is 726. The maximum absolute atomic E-state index is 5.80. The number of aromatic nitrogens is 4. The average molecular weight is 421 g/mol. The highest BCUT2D eigenvalue weighted by Gasteiger charge is 2.32. The molecule has 160 valence electrons. The van der Waals surface area contributed by atoms with E-state index in [0.29, 0.717) is 5.92 Å². The molecule has 0 bridgehead atoms. The summed E-state index contributed by atoms with van der Waals surface area (Å²) in [6, 6.07) is 11.0. The molecule has 2 atom stereocenters. The number of hydrogen-bond acceptors (Lipinski definition) is 6. The minimum atomic E-state index is 0. The normalized spacial score (nSPS) is 22.0. The fourth-order valence-electron chi connectivity index (χ4n) is 4.46. The van der Waals surface area contributed by atoms with Crippen molar-refractivity contribution in [2.24, 2.45) is 5.92 Å². The third-order valence-corrected chi connectivity index (χ3v) is 5.91. The lowest BCUT2D eigenvalue weighted by Gasteiger charge is -2.40. The number of ether oxygens (including phenoxy) is 1. The van der Waals surface area contributed by atoms with Crippen LogP contribution in [0.3, 0.4) is 0 Å². The summed E-state index contributed by atoms with van der Waals surface area (Å²) in [5, 5.41) is 12.7. The van der Waals surface area contributed by atoms with Crippen molar-refractivity contribution in [2.75, 3.05) is 32.8 Å². The van der Waals surface area contributed by atoms with Crippen molar-refractivity contribution in [3.8, 4) is 0 Å². The number of benzene rings is 1. The minimum absolute atomic E-state index is 0. The Hall–Kier alpha value is -1.54. The van der Waals surface area contributed by atoms with Gasteiger partial charge in [0, 0.05) is 39.3 Å². The van der Waals surface area contributed by atoms with E-state index in [0.717, 1.165) is 64.5 Å². The third-order valence-electron chi connectivity index (χ3n) is 5.91. The van der Waals surface area contributed by atoms with Crippen LogP contribution in [0.4, 0.5) is 0 Å². The molecule has 2 saturated heterocycles. The van der Waals surface area contributed by atoms with Crippen LogP contribution in [0.15, 0.2) is 30.3 Å². The predicted molar refractivity (Wildman–Crippen MR) is 115 cm³/mol. The highest BCUT2D eigenvalue weighted by Crippen LogP contribution is 2.28. The molecule has 3 heterocycles. The zero-order valence-electron chi connectivity index (χ0n) is 17.5. The number of nitrogens with zero attached hydrogens (tertiary/aromatic N) is 6. The highest BCUT2D eigenvalue weighted by molar-refractivity contribution is 5.85. The van der Waals surface area contributed by atoms with E-state index >= 15 is 0 Å². The van der Waals surface area contributed by atoms with E-state index in [1.54, 1.807) is 0 Å². The van der Waals surface area contributed by atoms with E-state index in [9.17, 15) is 0 Å². The standard InChI is InChI=1S/C21H32N6O.ClH/c1-17(2)20(21-22-23-24-27(21)16-19-9-6-14-28-19)26-12-10-25(11-13-26)15-18-7-4-3-5-8-18;/h3-5,7-8,17,19-20H,6,9-16H2,1-2H3;1H. The first-order chi connectivity index (χ1) is 13.7. The molecule has 1 aromatic carbocycles. The second-order valence-electron chi connectivity index (χ2n) is 8.34. The van der Waals surface area contributed by atoms with Gasteiger partial charge in [0.2, 0.25) is 0 Å². The number of rotatable bonds is 7. The molecule has 4 rings (SSSR count). The van der Waals surface area contributed by atoms with Gasteiger partial charge in [-0.05, 0) is 34.7 Å². The molecule has 7 nitrogen and oxygen atoms in total. The first-order valence-corrected chi connectivity index (χ1v) is 10.6. The summed E-state index contributed by atoms with van der Waals surface area (Å²) in [4.78, 5) is 5.10. The lowest BCUT2D eigenvalue weighted by Crippen LogP contribution is -2.48. The van der Waals surface area contributed by atoms with Crippen LogP contribution >= 0.6 is 12.4 Å². The molecule has 2 aromatic rings. The SMILES string of the molecule is CC(C)C(c1nnnn1CC1CCCO1)N1CCN(Cc2ccccc2)CC1.Cl. The Kier molecular flexibility index (Phi) is 8.00. The second-order valence-corrected chi connectivity index (χ2v) is 8.34. The first-order valence-electron chi connectivity index (χ1n) is 10.6. The van der Waals surface area contributed by atoms with Crippen LogP contribution < -0.4 is 0 Å². The largest absolute Gasteiger partial charge is 0.376 e. The van der Waals surface area contributed by atoms with Gasteiger partial charge in [-0.1, -0.05) is 44.2 Å². The Morgan fingerprint density at radius 3 is 2.52 bits per heavy atom. The Labute approximate surface area is 179 Å². The summed E-state index contributed by atoms with van der Waals surface area (Å²) in [6.45, 7) is 11.4. The van der Waals surface area contributed by atoms with Crippen molar-refractivity contribution in [3.63, 3.8) is 0 Å². The van der Waals surface area contributed by atoms with Gasteiger partial charge >= 0.3 is 0 Å². The van der Waals surface area contributed by atoms with E-state index in [4.69, 9.17) is 4.74 Å². The van der Waals surface area contributed by atoms with Gasteiger partial charge in [-0.15, -0.1) is 17.5 Å². The van der Waals surface area contributed by atoms with Crippen molar-refractivity contribution in [1.82, 2.24) is 30.0 Å². The molecule has 2 fully saturated rings. The number of piperazine rings is 1. The zero-order chi connectivity index (χ0) is 19.3. The Morgan fingerprint density at radius 2 is 1.86 bits per heavy atom. The molecule has 1 aromatic heterocycles. The summed E-state index contributed by atoms with van der Waals surface area (Å²) in [6.07, 6.45) is 2.49. The van der Waals surface area contributed by atoms with Gasteiger partial charge < -0.3 is 4.74 Å². The van der Waals surface area contributed by atoms with Crippen molar-refractivity contribution < 1.29 is 4.74 Å². The van der Waals surface area contributed by atoms with Crippen LogP contribution in [-0.2, 0) is 17.8 Å². The van der Waals surface area contributed by atoms with Crippen molar-refractivity contribution >= 4 is 12.4 Å². The molecule has 0 aliphatic carbocycles. The molecule has 29 heavy (non-hydrogen) atoms. The summed E-state index contributed by atoms with van der Waals surface area (Å²) in [5.41, 5.74) is 1.39. The number of hydrogen-bond donors (Lipinski definition) is 0. The minimum Gasteiger partial charge on any atom is -0.376 e. The zero-order valence-corrected chi connectivity index (χ0v) is 18.3. The van der Waals surface area contributed by atoms with E-state index in [1.165, 1.54) is 5.56 Å². The van der Waals surface area contributed by atoms with Crippen molar-refractivity contribution in [1.29, 1.82) is 0 Å². The van der Waals surface area contributed by atoms with Gasteiger partial charge in [-0.2, -0.15) is 0 Å². The van der Waals surface area contributed by atoms with Crippen LogP contribution in [-0.4, -0.2) is 68.9 Å². The lowest BCUT2D eigenvalue weighted by molar-refractivity contribution is 0.0607. The van der Waals surface area contributed by atoms with Crippen molar-refractivity contribution in [2.45, 2.75) is 51.9 Å². The van der Waals surface area contributed by atoms with Crippen LogP contribution in [0.2, 0.25) is 0 Å². The van der Waals surface area contributed by atoms with Crippen molar-refractivity contribution in [3.05, 3.63) is 41.7 Å². The molecule has 0 amide bonds.